The second-order valence-corrected chi connectivity index (χ2v) is 4.45. The summed E-state index contributed by atoms with van der Waals surface area (Å²) in [6.45, 7) is 0.897. The average Bonchev–Trinajstić information content (AvgIpc) is 2.03. The lowest BCUT2D eigenvalue weighted by Gasteiger charge is -2.29. The van der Waals surface area contributed by atoms with E-state index in [1.54, 1.807) is 7.11 Å². The van der Waals surface area contributed by atoms with E-state index in [2.05, 4.69) is 0 Å². The molecule has 1 heterocycles. The molecule has 72 valence electrons. The van der Waals surface area contributed by atoms with Gasteiger partial charge in [0.25, 0.3) is 10.2 Å². The van der Waals surface area contributed by atoms with Crippen molar-refractivity contribution in [2.24, 2.45) is 5.14 Å². The van der Waals surface area contributed by atoms with E-state index < -0.39 is 10.2 Å². The molecule has 0 aromatic rings. The largest absolute Gasteiger partial charge is 0.380 e. The zero-order valence-corrected chi connectivity index (χ0v) is 7.88. The van der Waals surface area contributed by atoms with E-state index in [0.717, 1.165) is 12.8 Å². The van der Waals surface area contributed by atoms with Crippen LogP contribution in [-0.4, -0.2) is 39.0 Å². The molecule has 0 aliphatic carbocycles. The molecular formula is C6H14N2O3S. The molecule has 1 aliphatic rings. The molecule has 0 unspecified atom stereocenters. The quantitative estimate of drug-likeness (QED) is 0.632. The second-order valence-electron chi connectivity index (χ2n) is 2.90. The van der Waals surface area contributed by atoms with Crippen LogP contribution in [0, 0.1) is 0 Å². The van der Waals surface area contributed by atoms with E-state index in [-0.39, 0.29) is 6.10 Å². The molecule has 0 bridgehead atoms. The number of hydrogen-bond donors (Lipinski definition) is 1. The third-order valence-electron chi connectivity index (χ3n) is 2.03. The summed E-state index contributed by atoms with van der Waals surface area (Å²) in [5.74, 6) is 0. The summed E-state index contributed by atoms with van der Waals surface area (Å²) < 4.78 is 28.1. The SMILES string of the molecule is CO[C@H]1CCCN(S(N)(=O)=O)C1. The first-order valence-corrected chi connectivity index (χ1v) is 5.35. The molecule has 6 heteroatoms. The Bertz CT molecular complexity index is 239. The fourth-order valence-electron chi connectivity index (χ4n) is 1.33. The van der Waals surface area contributed by atoms with Gasteiger partial charge in [0.15, 0.2) is 0 Å². The number of rotatable bonds is 2. The van der Waals surface area contributed by atoms with Crippen molar-refractivity contribution in [1.82, 2.24) is 4.31 Å². The van der Waals surface area contributed by atoms with Crippen molar-refractivity contribution >= 4 is 10.2 Å². The monoisotopic (exact) mass is 194 g/mol. The Morgan fingerprint density at radius 1 is 1.58 bits per heavy atom. The molecule has 1 saturated heterocycles. The summed E-state index contributed by atoms with van der Waals surface area (Å²) in [7, 11) is -1.93. The molecule has 12 heavy (non-hydrogen) atoms. The fourth-order valence-corrected chi connectivity index (χ4v) is 2.09. The van der Waals surface area contributed by atoms with Gasteiger partial charge in [-0.3, -0.25) is 0 Å². The van der Waals surface area contributed by atoms with Gasteiger partial charge in [-0.25, -0.2) is 5.14 Å². The van der Waals surface area contributed by atoms with Crippen LogP contribution in [0.25, 0.3) is 0 Å². The highest BCUT2D eigenvalue weighted by Crippen LogP contribution is 2.13. The molecule has 1 rings (SSSR count). The van der Waals surface area contributed by atoms with E-state index in [1.807, 2.05) is 0 Å². The van der Waals surface area contributed by atoms with Crippen LogP contribution in [0.1, 0.15) is 12.8 Å². The number of methoxy groups -OCH3 is 1. The molecule has 0 amide bonds. The molecule has 1 atom stereocenters. The third-order valence-corrected chi connectivity index (χ3v) is 3.09. The third kappa shape index (κ3) is 2.41. The van der Waals surface area contributed by atoms with E-state index >= 15 is 0 Å². The van der Waals surface area contributed by atoms with Crippen LogP contribution >= 0.6 is 0 Å². The molecule has 1 aliphatic heterocycles. The maximum atomic E-state index is 10.9. The molecule has 0 spiro atoms. The van der Waals surface area contributed by atoms with Crippen molar-refractivity contribution < 1.29 is 13.2 Å². The van der Waals surface area contributed by atoms with E-state index in [0.29, 0.717) is 13.1 Å². The van der Waals surface area contributed by atoms with Crippen LogP contribution in [0.3, 0.4) is 0 Å². The summed E-state index contributed by atoms with van der Waals surface area (Å²) in [5.41, 5.74) is 0. The standard InChI is InChI=1S/C6H14N2O3S/c1-11-6-3-2-4-8(5-6)12(7,9)10/h6H,2-5H2,1H3,(H2,7,9,10)/t6-/m0/s1. The molecular weight excluding hydrogens is 180 g/mol. The van der Waals surface area contributed by atoms with Gasteiger partial charge in [-0.1, -0.05) is 0 Å². The Labute approximate surface area is 72.7 Å². The second kappa shape index (κ2) is 3.69. The van der Waals surface area contributed by atoms with Crippen LogP contribution in [0.5, 0.6) is 0 Å². The highest BCUT2D eigenvalue weighted by Gasteiger charge is 2.25. The number of nitrogens with zero attached hydrogens (tertiary/aromatic N) is 1. The molecule has 0 aromatic carbocycles. The lowest BCUT2D eigenvalue weighted by atomic mass is 10.1. The minimum Gasteiger partial charge on any atom is -0.380 e. The van der Waals surface area contributed by atoms with Gasteiger partial charge < -0.3 is 4.74 Å². The lowest BCUT2D eigenvalue weighted by molar-refractivity contribution is 0.0572. The summed E-state index contributed by atoms with van der Waals surface area (Å²) >= 11 is 0. The van der Waals surface area contributed by atoms with E-state index in [4.69, 9.17) is 9.88 Å². The smallest absolute Gasteiger partial charge is 0.276 e. The van der Waals surface area contributed by atoms with Crippen molar-refractivity contribution in [2.45, 2.75) is 18.9 Å². The first-order valence-electron chi connectivity index (χ1n) is 3.84. The molecule has 0 saturated carbocycles. The first-order chi connectivity index (χ1) is 5.54. The summed E-state index contributed by atoms with van der Waals surface area (Å²) in [6, 6.07) is 0. The first kappa shape index (κ1) is 9.91. The van der Waals surface area contributed by atoms with Gasteiger partial charge in [-0.2, -0.15) is 12.7 Å². The van der Waals surface area contributed by atoms with Crippen LogP contribution in [0.15, 0.2) is 0 Å². The highest BCUT2D eigenvalue weighted by atomic mass is 32.2. The highest BCUT2D eigenvalue weighted by molar-refractivity contribution is 7.86. The van der Waals surface area contributed by atoms with Crippen molar-refractivity contribution in [3.63, 3.8) is 0 Å². The van der Waals surface area contributed by atoms with Gasteiger partial charge in [-0.05, 0) is 12.8 Å². The summed E-state index contributed by atoms with van der Waals surface area (Å²) in [4.78, 5) is 0. The van der Waals surface area contributed by atoms with Crippen molar-refractivity contribution in [3.8, 4) is 0 Å². The minimum absolute atomic E-state index is 0.00271. The van der Waals surface area contributed by atoms with Crippen LogP contribution in [-0.2, 0) is 14.9 Å². The number of piperidine rings is 1. The molecule has 2 N–H and O–H groups in total. The topological polar surface area (TPSA) is 72.6 Å². The number of nitrogens with two attached hydrogens (primary N) is 1. The Hall–Kier alpha value is -0.170. The van der Waals surface area contributed by atoms with Gasteiger partial charge in [-0.15, -0.1) is 0 Å². The summed E-state index contributed by atoms with van der Waals surface area (Å²) in [5, 5.41) is 4.97. The van der Waals surface area contributed by atoms with Crippen molar-refractivity contribution in [1.29, 1.82) is 0 Å². The Balaban J connectivity index is 2.58. The fraction of sp³-hybridized carbons (Fsp3) is 1.00. The number of ether oxygens (including phenoxy) is 1. The molecule has 1 fully saturated rings. The van der Waals surface area contributed by atoms with Gasteiger partial charge >= 0.3 is 0 Å². The average molecular weight is 194 g/mol. The Morgan fingerprint density at radius 3 is 2.75 bits per heavy atom. The zero-order valence-electron chi connectivity index (χ0n) is 7.06. The van der Waals surface area contributed by atoms with Crippen molar-refractivity contribution in [3.05, 3.63) is 0 Å². The number of hydrogen-bond acceptors (Lipinski definition) is 3. The van der Waals surface area contributed by atoms with Crippen LogP contribution in [0.4, 0.5) is 0 Å². The van der Waals surface area contributed by atoms with E-state index in [9.17, 15) is 8.42 Å². The molecule has 5 nitrogen and oxygen atoms in total. The van der Waals surface area contributed by atoms with Crippen molar-refractivity contribution in [2.75, 3.05) is 20.2 Å². The Kier molecular flexibility index (Phi) is 3.05. The predicted molar refractivity (Wildman–Crippen MR) is 44.7 cm³/mol. The maximum absolute atomic E-state index is 10.9. The predicted octanol–water partition coefficient (Wildman–Crippen LogP) is -0.699. The van der Waals surface area contributed by atoms with Gasteiger partial charge in [0.2, 0.25) is 0 Å². The minimum atomic E-state index is -3.52. The van der Waals surface area contributed by atoms with Gasteiger partial charge in [0, 0.05) is 20.2 Å². The van der Waals surface area contributed by atoms with Gasteiger partial charge in [0.05, 0.1) is 6.10 Å². The zero-order chi connectivity index (χ0) is 9.19. The van der Waals surface area contributed by atoms with Crippen LogP contribution in [0.2, 0.25) is 0 Å². The normalized spacial score (nSPS) is 27.3. The lowest BCUT2D eigenvalue weighted by Crippen LogP contribution is -2.45. The maximum Gasteiger partial charge on any atom is 0.276 e. The Morgan fingerprint density at radius 2 is 2.25 bits per heavy atom. The van der Waals surface area contributed by atoms with Crippen LogP contribution < -0.4 is 5.14 Å². The molecule has 0 aromatic heterocycles. The molecule has 0 radical (unpaired) electrons. The van der Waals surface area contributed by atoms with Gasteiger partial charge in [0.1, 0.15) is 0 Å². The summed E-state index contributed by atoms with van der Waals surface area (Å²) in [6.07, 6.45) is 1.72. The van der Waals surface area contributed by atoms with E-state index in [1.165, 1.54) is 4.31 Å².